The molecule has 26 heavy (non-hydrogen) atoms. The summed E-state index contributed by atoms with van der Waals surface area (Å²) in [4.78, 5) is 13.5. The van der Waals surface area contributed by atoms with Crippen molar-refractivity contribution in [2.24, 2.45) is 0 Å². The highest BCUT2D eigenvalue weighted by atomic mass is 79.9. The predicted octanol–water partition coefficient (Wildman–Crippen LogP) is 3.63. The summed E-state index contributed by atoms with van der Waals surface area (Å²) in [6.45, 7) is 0. The standard InChI is InChI=1S/C15H14Br2FN3O3S2/c1-21-12(15(22)19-8-2-3-10(18)9(16)6-8)7-11(20-26(21,23)24)13-4-5-14(17)25-13/h2-6,11-12,20H,7H2,1H3,(H,19,22)/t11-,12+/m1/s1. The Kier molecular flexibility index (Phi) is 5.85. The van der Waals surface area contributed by atoms with Crippen molar-refractivity contribution in [3.63, 3.8) is 0 Å². The molecule has 3 rings (SSSR count). The molecule has 0 saturated carbocycles. The van der Waals surface area contributed by atoms with Gasteiger partial charge < -0.3 is 5.32 Å². The summed E-state index contributed by atoms with van der Waals surface area (Å²) in [5, 5.41) is 2.65. The zero-order valence-electron chi connectivity index (χ0n) is 13.4. The number of carbonyl (C=O) groups excluding carboxylic acids is 1. The minimum atomic E-state index is -3.81. The number of halogens is 3. The molecule has 140 valence electrons. The van der Waals surface area contributed by atoms with Crippen LogP contribution in [-0.2, 0) is 15.0 Å². The van der Waals surface area contributed by atoms with Crippen molar-refractivity contribution in [1.82, 2.24) is 9.03 Å². The van der Waals surface area contributed by atoms with Gasteiger partial charge in [0.05, 0.1) is 14.3 Å². The Morgan fingerprint density at radius 2 is 2.08 bits per heavy atom. The van der Waals surface area contributed by atoms with Gasteiger partial charge in [0.15, 0.2) is 0 Å². The second kappa shape index (κ2) is 7.64. The van der Waals surface area contributed by atoms with Crippen LogP contribution >= 0.6 is 43.2 Å². The molecule has 0 aliphatic carbocycles. The molecular formula is C15H14Br2FN3O3S2. The van der Waals surface area contributed by atoms with Crippen LogP contribution in [0.2, 0.25) is 0 Å². The lowest BCUT2D eigenvalue weighted by molar-refractivity contribution is -0.120. The molecule has 6 nitrogen and oxygen atoms in total. The highest BCUT2D eigenvalue weighted by Crippen LogP contribution is 2.34. The molecule has 0 spiro atoms. The SMILES string of the molecule is CN1[C@H](C(=O)Nc2ccc(F)c(Br)c2)C[C@H](c2ccc(Br)s2)NS1(=O)=O. The molecule has 1 fully saturated rings. The van der Waals surface area contributed by atoms with Gasteiger partial charge in [0.25, 0.3) is 10.2 Å². The predicted molar refractivity (Wildman–Crippen MR) is 106 cm³/mol. The maximum absolute atomic E-state index is 13.3. The molecule has 0 radical (unpaired) electrons. The third kappa shape index (κ3) is 4.18. The maximum Gasteiger partial charge on any atom is 0.280 e. The van der Waals surface area contributed by atoms with E-state index in [9.17, 15) is 17.6 Å². The summed E-state index contributed by atoms with van der Waals surface area (Å²) in [7, 11) is -2.45. The van der Waals surface area contributed by atoms with Crippen LogP contribution in [0.1, 0.15) is 17.3 Å². The van der Waals surface area contributed by atoms with Gasteiger partial charge in [-0.25, -0.2) is 4.39 Å². The molecule has 1 aliphatic heterocycles. The topological polar surface area (TPSA) is 78.5 Å². The highest BCUT2D eigenvalue weighted by Gasteiger charge is 2.41. The summed E-state index contributed by atoms with van der Waals surface area (Å²) < 4.78 is 42.8. The minimum Gasteiger partial charge on any atom is -0.325 e. The molecule has 1 aromatic carbocycles. The Balaban J connectivity index is 1.83. The molecular weight excluding hydrogens is 513 g/mol. The third-order valence-corrected chi connectivity index (χ3v) is 7.94. The molecule has 2 atom stereocenters. The van der Waals surface area contributed by atoms with Crippen LogP contribution < -0.4 is 10.0 Å². The molecule has 0 unspecified atom stereocenters. The molecule has 1 saturated heterocycles. The number of nitrogens with one attached hydrogen (secondary N) is 2. The van der Waals surface area contributed by atoms with Crippen LogP contribution in [0.25, 0.3) is 0 Å². The number of amides is 1. The van der Waals surface area contributed by atoms with Gasteiger partial charge in [-0.15, -0.1) is 11.3 Å². The fourth-order valence-corrected chi connectivity index (χ4v) is 5.82. The fourth-order valence-electron chi connectivity index (χ4n) is 2.61. The molecule has 1 aromatic heterocycles. The number of carbonyl (C=O) groups is 1. The lowest BCUT2D eigenvalue weighted by Gasteiger charge is -2.35. The van der Waals surface area contributed by atoms with Crippen LogP contribution in [0, 0.1) is 5.82 Å². The molecule has 2 aromatic rings. The molecule has 2 heterocycles. The van der Waals surface area contributed by atoms with Gasteiger partial charge in [0.2, 0.25) is 5.91 Å². The molecule has 0 bridgehead atoms. The van der Waals surface area contributed by atoms with E-state index in [1.54, 1.807) is 0 Å². The van der Waals surface area contributed by atoms with E-state index in [1.165, 1.54) is 36.6 Å². The van der Waals surface area contributed by atoms with Crippen LogP contribution in [0.5, 0.6) is 0 Å². The lowest BCUT2D eigenvalue weighted by Crippen LogP contribution is -2.55. The van der Waals surface area contributed by atoms with Crippen LogP contribution in [0.3, 0.4) is 0 Å². The van der Waals surface area contributed by atoms with Gasteiger partial charge in [0, 0.05) is 17.6 Å². The van der Waals surface area contributed by atoms with Gasteiger partial charge in [-0.05, 0) is 68.6 Å². The zero-order valence-corrected chi connectivity index (χ0v) is 18.2. The normalized spacial score (nSPS) is 22.9. The van der Waals surface area contributed by atoms with E-state index in [0.717, 1.165) is 13.0 Å². The summed E-state index contributed by atoms with van der Waals surface area (Å²) >= 11 is 7.82. The monoisotopic (exact) mass is 525 g/mol. The highest BCUT2D eigenvalue weighted by molar-refractivity contribution is 9.11. The van der Waals surface area contributed by atoms with Crippen LogP contribution in [0.4, 0.5) is 10.1 Å². The Morgan fingerprint density at radius 3 is 2.69 bits per heavy atom. The van der Waals surface area contributed by atoms with Crippen molar-refractivity contribution in [2.45, 2.75) is 18.5 Å². The second-order valence-electron chi connectivity index (χ2n) is 5.70. The smallest absolute Gasteiger partial charge is 0.280 e. The quantitative estimate of drug-likeness (QED) is 0.641. The average Bonchev–Trinajstić information content (AvgIpc) is 2.99. The van der Waals surface area contributed by atoms with Crippen molar-refractivity contribution >= 4 is 65.0 Å². The fraction of sp³-hybridized carbons (Fsp3) is 0.267. The van der Waals surface area contributed by atoms with E-state index in [0.29, 0.717) is 5.69 Å². The van der Waals surface area contributed by atoms with Crippen LogP contribution in [0.15, 0.2) is 38.6 Å². The maximum atomic E-state index is 13.3. The molecule has 1 aliphatic rings. The summed E-state index contributed by atoms with van der Waals surface area (Å²) in [5.74, 6) is -0.926. The largest absolute Gasteiger partial charge is 0.325 e. The second-order valence-corrected chi connectivity index (χ2v) is 10.8. The number of benzene rings is 1. The van der Waals surface area contributed by atoms with E-state index < -0.39 is 34.0 Å². The summed E-state index contributed by atoms with van der Waals surface area (Å²) in [5.41, 5.74) is 0.378. The van der Waals surface area contributed by atoms with E-state index >= 15 is 0 Å². The Bertz CT molecular complexity index is 951. The van der Waals surface area contributed by atoms with Crippen molar-refractivity contribution in [1.29, 1.82) is 0 Å². The van der Waals surface area contributed by atoms with Crippen molar-refractivity contribution < 1.29 is 17.6 Å². The van der Waals surface area contributed by atoms with Crippen LogP contribution in [-0.4, -0.2) is 31.7 Å². The first kappa shape index (κ1) is 19.9. The number of anilines is 1. The number of rotatable bonds is 3. The van der Waals surface area contributed by atoms with Gasteiger partial charge in [-0.2, -0.15) is 17.4 Å². The van der Waals surface area contributed by atoms with Gasteiger partial charge in [-0.3, -0.25) is 4.79 Å². The Hall–Kier alpha value is -0.850. The summed E-state index contributed by atoms with van der Waals surface area (Å²) in [6.07, 6.45) is 0.275. The van der Waals surface area contributed by atoms with Crippen molar-refractivity contribution in [2.75, 3.05) is 12.4 Å². The Labute approximate surface area is 171 Å². The first-order valence-electron chi connectivity index (χ1n) is 7.44. The number of hydrogen-bond donors (Lipinski definition) is 2. The van der Waals surface area contributed by atoms with E-state index in [1.807, 2.05) is 12.1 Å². The molecule has 1 amide bonds. The van der Waals surface area contributed by atoms with E-state index in [4.69, 9.17) is 0 Å². The average molecular weight is 527 g/mol. The van der Waals surface area contributed by atoms with Gasteiger partial charge in [-0.1, -0.05) is 0 Å². The van der Waals surface area contributed by atoms with Crippen molar-refractivity contribution in [3.05, 3.63) is 49.3 Å². The van der Waals surface area contributed by atoms with E-state index in [-0.39, 0.29) is 10.9 Å². The Morgan fingerprint density at radius 1 is 1.35 bits per heavy atom. The lowest BCUT2D eigenvalue weighted by atomic mass is 10.1. The first-order valence-corrected chi connectivity index (χ1v) is 11.3. The zero-order chi connectivity index (χ0) is 19.1. The third-order valence-electron chi connectivity index (χ3n) is 4.00. The summed E-state index contributed by atoms with van der Waals surface area (Å²) in [6, 6.07) is 6.32. The number of likely N-dealkylation sites (N-methyl/N-ethyl adjacent to an activating group) is 1. The van der Waals surface area contributed by atoms with Gasteiger partial charge >= 0.3 is 0 Å². The first-order chi connectivity index (χ1) is 12.2. The molecule has 11 heteroatoms. The number of thiophene rings is 1. The van der Waals surface area contributed by atoms with Gasteiger partial charge in [0.1, 0.15) is 11.9 Å². The number of hydrogen-bond acceptors (Lipinski definition) is 4. The molecule has 2 N–H and O–H groups in total. The van der Waals surface area contributed by atoms with E-state index in [2.05, 4.69) is 41.9 Å². The number of nitrogens with zero attached hydrogens (tertiary/aromatic N) is 1. The minimum absolute atomic E-state index is 0.211. The van der Waals surface area contributed by atoms with Crippen molar-refractivity contribution in [3.8, 4) is 0 Å².